The van der Waals surface area contributed by atoms with Crippen LogP contribution in [0.15, 0.2) is 72.8 Å². The van der Waals surface area contributed by atoms with E-state index in [2.05, 4.69) is 91.6 Å². The number of para-hydroxylation sites is 1. The molecule has 1 aliphatic carbocycles. The summed E-state index contributed by atoms with van der Waals surface area (Å²) in [5, 5.41) is 5.36. The van der Waals surface area contributed by atoms with E-state index in [9.17, 15) is 0 Å². The maximum absolute atomic E-state index is 3.61. The van der Waals surface area contributed by atoms with Crippen LogP contribution in [0.1, 0.15) is 25.0 Å². The molecule has 0 saturated heterocycles. The van der Waals surface area contributed by atoms with E-state index in [1.165, 1.54) is 64.2 Å². The van der Waals surface area contributed by atoms with Crippen molar-refractivity contribution in [2.75, 3.05) is 0 Å². The molecule has 29 heavy (non-hydrogen) atoms. The van der Waals surface area contributed by atoms with Crippen LogP contribution in [0.25, 0.3) is 53.1 Å². The van der Waals surface area contributed by atoms with Gasteiger partial charge in [0.1, 0.15) is 0 Å². The first-order chi connectivity index (χ1) is 14.1. The summed E-state index contributed by atoms with van der Waals surface area (Å²) in [7, 11) is 0. The summed E-state index contributed by atoms with van der Waals surface area (Å²) >= 11 is 1.95. The first kappa shape index (κ1) is 15.8. The Morgan fingerprint density at radius 3 is 2.45 bits per heavy atom. The monoisotopic (exact) mass is 389 g/mol. The molecule has 2 heteroatoms. The van der Waals surface area contributed by atoms with E-state index in [1.807, 2.05) is 11.3 Å². The van der Waals surface area contributed by atoms with Gasteiger partial charge in [0.05, 0.1) is 0 Å². The Hall–Kier alpha value is -3.10. The number of thiophene rings is 1. The average molecular weight is 390 g/mol. The van der Waals surface area contributed by atoms with E-state index in [-0.39, 0.29) is 5.41 Å². The lowest BCUT2D eigenvalue weighted by Gasteiger charge is -2.22. The number of rotatable bonds is 0. The Morgan fingerprint density at radius 2 is 1.52 bits per heavy atom. The summed E-state index contributed by atoms with van der Waals surface area (Å²) in [4.78, 5) is 3.61. The van der Waals surface area contributed by atoms with Crippen LogP contribution >= 0.6 is 11.3 Å². The van der Waals surface area contributed by atoms with Gasteiger partial charge in [-0.05, 0) is 40.5 Å². The number of aromatic amines is 1. The van der Waals surface area contributed by atoms with Crippen molar-refractivity contribution in [2.45, 2.75) is 19.3 Å². The molecule has 0 aliphatic heterocycles. The third kappa shape index (κ3) is 1.86. The van der Waals surface area contributed by atoms with Crippen LogP contribution in [0.4, 0.5) is 0 Å². The summed E-state index contributed by atoms with van der Waals surface area (Å²) in [6.07, 6.45) is 0. The van der Waals surface area contributed by atoms with Crippen molar-refractivity contribution in [1.82, 2.24) is 4.98 Å². The van der Waals surface area contributed by atoms with Gasteiger partial charge in [-0.25, -0.2) is 0 Å². The highest BCUT2D eigenvalue weighted by Crippen LogP contribution is 2.53. The molecule has 1 N–H and O–H groups in total. The van der Waals surface area contributed by atoms with Crippen molar-refractivity contribution in [3.05, 3.63) is 83.9 Å². The molecule has 0 radical (unpaired) electrons. The highest BCUT2D eigenvalue weighted by Gasteiger charge is 2.37. The number of H-pyrrole nitrogens is 1. The smallest absolute Gasteiger partial charge is 0.0472 e. The zero-order valence-corrected chi connectivity index (χ0v) is 17.2. The number of benzene rings is 4. The standard InChI is InChI=1S/C27H19NS/c1-27(2)21-9-5-3-7-15(21)17-11-12-18-20-13-23-19(14-24(20)29-26(18)25(17)27)16-8-4-6-10-22(16)28-23/h3-14,28H,1-2H3. The molecule has 0 bridgehead atoms. The summed E-state index contributed by atoms with van der Waals surface area (Å²) in [5.74, 6) is 0. The lowest BCUT2D eigenvalue weighted by atomic mass is 9.82. The molecule has 0 spiro atoms. The van der Waals surface area contributed by atoms with Crippen molar-refractivity contribution >= 4 is 53.3 Å². The van der Waals surface area contributed by atoms with Crippen LogP contribution < -0.4 is 0 Å². The van der Waals surface area contributed by atoms with Crippen LogP contribution in [0, 0.1) is 0 Å². The van der Waals surface area contributed by atoms with Gasteiger partial charge in [-0.2, -0.15) is 0 Å². The van der Waals surface area contributed by atoms with E-state index in [0.717, 1.165) is 0 Å². The molecule has 0 atom stereocenters. The number of aromatic nitrogens is 1. The highest BCUT2D eigenvalue weighted by molar-refractivity contribution is 7.26. The molecule has 0 fully saturated rings. The zero-order valence-electron chi connectivity index (χ0n) is 16.3. The first-order valence-corrected chi connectivity index (χ1v) is 10.9. The number of fused-ring (bicyclic) bond motifs is 10. The Bertz CT molecular complexity index is 1630. The van der Waals surface area contributed by atoms with E-state index in [1.54, 1.807) is 0 Å². The van der Waals surface area contributed by atoms with Gasteiger partial charge >= 0.3 is 0 Å². The molecule has 0 saturated carbocycles. The molecule has 0 amide bonds. The van der Waals surface area contributed by atoms with Gasteiger partial charge in [0, 0.05) is 47.4 Å². The predicted molar refractivity (Wildman–Crippen MR) is 126 cm³/mol. The third-order valence-corrected chi connectivity index (χ3v) is 7.97. The van der Waals surface area contributed by atoms with Crippen LogP contribution in [0.2, 0.25) is 0 Å². The Balaban J connectivity index is 1.62. The van der Waals surface area contributed by atoms with Crippen LogP contribution in [-0.2, 0) is 5.41 Å². The molecule has 138 valence electrons. The molecule has 1 nitrogen and oxygen atoms in total. The van der Waals surface area contributed by atoms with E-state index in [4.69, 9.17) is 0 Å². The Morgan fingerprint density at radius 1 is 0.690 bits per heavy atom. The minimum atomic E-state index is 0.0277. The number of hydrogen-bond donors (Lipinski definition) is 1. The normalized spacial score (nSPS) is 14.8. The predicted octanol–water partition coefficient (Wildman–Crippen LogP) is 8.00. The topological polar surface area (TPSA) is 15.8 Å². The largest absolute Gasteiger partial charge is 0.354 e. The summed E-state index contributed by atoms with van der Waals surface area (Å²) in [6.45, 7) is 4.75. The second-order valence-electron chi connectivity index (χ2n) is 8.70. The van der Waals surface area contributed by atoms with E-state index in [0.29, 0.717) is 0 Å². The van der Waals surface area contributed by atoms with Gasteiger partial charge < -0.3 is 4.98 Å². The maximum Gasteiger partial charge on any atom is 0.0472 e. The number of nitrogens with one attached hydrogen (secondary N) is 1. The van der Waals surface area contributed by atoms with Crippen molar-refractivity contribution in [2.24, 2.45) is 0 Å². The fraction of sp³-hybridized carbons (Fsp3) is 0.111. The van der Waals surface area contributed by atoms with Gasteiger partial charge in [0.25, 0.3) is 0 Å². The molecule has 1 aliphatic rings. The highest BCUT2D eigenvalue weighted by atomic mass is 32.1. The molecule has 2 heterocycles. The minimum absolute atomic E-state index is 0.0277. The lowest BCUT2D eigenvalue weighted by molar-refractivity contribution is 0.667. The lowest BCUT2D eigenvalue weighted by Crippen LogP contribution is -2.14. The fourth-order valence-corrected chi connectivity index (χ4v) is 6.86. The van der Waals surface area contributed by atoms with Crippen LogP contribution in [0.3, 0.4) is 0 Å². The Kier molecular flexibility index (Phi) is 2.77. The molecule has 0 unspecified atom stereocenters. The molecule has 6 aromatic rings. The minimum Gasteiger partial charge on any atom is -0.354 e. The fourth-order valence-electron chi connectivity index (χ4n) is 5.43. The molecular formula is C27H19NS. The number of hydrogen-bond acceptors (Lipinski definition) is 1. The molecular weight excluding hydrogens is 370 g/mol. The first-order valence-electron chi connectivity index (χ1n) is 10.1. The second-order valence-corrected chi connectivity index (χ2v) is 9.75. The average Bonchev–Trinajstić information content (AvgIpc) is 3.35. The molecule has 2 aromatic heterocycles. The maximum atomic E-state index is 3.61. The van der Waals surface area contributed by atoms with Crippen LogP contribution in [0.5, 0.6) is 0 Å². The summed E-state index contributed by atoms with van der Waals surface area (Å²) in [6, 6.07) is 26.9. The quantitative estimate of drug-likeness (QED) is 0.271. The van der Waals surface area contributed by atoms with Gasteiger partial charge in [-0.1, -0.05) is 68.4 Å². The zero-order chi connectivity index (χ0) is 19.3. The van der Waals surface area contributed by atoms with Crippen molar-refractivity contribution < 1.29 is 0 Å². The van der Waals surface area contributed by atoms with Gasteiger partial charge in [-0.15, -0.1) is 11.3 Å². The van der Waals surface area contributed by atoms with Crippen LogP contribution in [-0.4, -0.2) is 4.98 Å². The summed E-state index contributed by atoms with van der Waals surface area (Å²) in [5.41, 5.74) is 8.19. The van der Waals surface area contributed by atoms with Crippen molar-refractivity contribution in [1.29, 1.82) is 0 Å². The van der Waals surface area contributed by atoms with Gasteiger partial charge in [-0.3, -0.25) is 0 Å². The van der Waals surface area contributed by atoms with Crippen molar-refractivity contribution in [3.8, 4) is 11.1 Å². The van der Waals surface area contributed by atoms with Gasteiger partial charge in [0.2, 0.25) is 0 Å². The summed E-state index contributed by atoms with van der Waals surface area (Å²) < 4.78 is 2.81. The SMILES string of the molecule is CC1(C)c2ccccc2-c2ccc3c(sc4cc5c(cc43)[nH]c3ccccc35)c21. The third-order valence-electron chi connectivity index (χ3n) is 6.78. The Labute approximate surface area is 172 Å². The van der Waals surface area contributed by atoms with E-state index < -0.39 is 0 Å². The van der Waals surface area contributed by atoms with Gasteiger partial charge in [0.15, 0.2) is 0 Å². The second kappa shape index (κ2) is 5.08. The molecule has 4 aromatic carbocycles. The molecule has 7 rings (SSSR count). The van der Waals surface area contributed by atoms with Crippen molar-refractivity contribution in [3.63, 3.8) is 0 Å². The van der Waals surface area contributed by atoms with E-state index >= 15 is 0 Å².